The second-order valence-corrected chi connectivity index (χ2v) is 4.27. The van der Waals surface area contributed by atoms with Crippen LogP contribution in [0.2, 0.25) is 5.82 Å². The van der Waals surface area contributed by atoms with Crippen LogP contribution in [0.4, 0.5) is 0 Å². The summed E-state index contributed by atoms with van der Waals surface area (Å²) in [6.07, 6.45) is 2.16. The van der Waals surface area contributed by atoms with Crippen molar-refractivity contribution >= 4 is 7.12 Å². The van der Waals surface area contributed by atoms with E-state index in [4.69, 9.17) is 4.74 Å². The quantitative estimate of drug-likeness (QED) is 0.630. The van der Waals surface area contributed by atoms with Crippen LogP contribution in [-0.4, -0.2) is 30.4 Å². The molecular weight excluding hydrogens is 167 g/mol. The van der Waals surface area contributed by atoms with Crippen LogP contribution in [0.1, 0.15) is 26.7 Å². The molecule has 2 atom stereocenters. The zero-order valence-corrected chi connectivity index (χ0v) is 8.60. The Bertz CT molecular complexity index is 151. The van der Waals surface area contributed by atoms with Crippen LogP contribution in [0.5, 0.6) is 0 Å². The minimum atomic E-state index is -1.18. The molecule has 1 saturated carbocycles. The van der Waals surface area contributed by atoms with Crippen molar-refractivity contribution < 1.29 is 14.8 Å². The van der Waals surface area contributed by atoms with E-state index in [9.17, 15) is 10.0 Å². The topological polar surface area (TPSA) is 49.7 Å². The zero-order chi connectivity index (χ0) is 10.0. The van der Waals surface area contributed by atoms with Gasteiger partial charge in [0, 0.05) is 7.11 Å². The molecule has 4 heteroatoms. The van der Waals surface area contributed by atoms with Crippen molar-refractivity contribution in [2.75, 3.05) is 7.11 Å². The van der Waals surface area contributed by atoms with E-state index in [0.717, 1.165) is 12.8 Å². The lowest BCUT2D eigenvalue weighted by Crippen LogP contribution is -2.38. The monoisotopic (exact) mass is 186 g/mol. The molecule has 1 aliphatic carbocycles. The molecule has 1 fully saturated rings. The lowest BCUT2D eigenvalue weighted by atomic mass is 9.55. The summed E-state index contributed by atoms with van der Waals surface area (Å²) in [5.74, 6) is 0.661. The molecule has 0 heterocycles. The number of rotatable bonds is 2. The Morgan fingerprint density at radius 2 is 1.62 bits per heavy atom. The molecule has 0 aromatic carbocycles. The van der Waals surface area contributed by atoms with Gasteiger partial charge < -0.3 is 14.8 Å². The standard InChI is InChI=1S/C9H19BO3/c1-6-4-8(13-3)5-7(2)9(6)10(11)12/h6-9,11-12H,4-5H2,1-3H3. The van der Waals surface area contributed by atoms with E-state index in [1.54, 1.807) is 7.11 Å². The lowest BCUT2D eigenvalue weighted by molar-refractivity contribution is 0.0309. The Labute approximate surface area is 80.2 Å². The molecule has 1 aliphatic rings. The van der Waals surface area contributed by atoms with E-state index < -0.39 is 7.12 Å². The Morgan fingerprint density at radius 3 is 1.92 bits per heavy atom. The summed E-state index contributed by atoms with van der Waals surface area (Å²) in [5, 5.41) is 18.4. The van der Waals surface area contributed by atoms with E-state index in [2.05, 4.69) is 13.8 Å². The molecule has 0 aromatic heterocycles. The van der Waals surface area contributed by atoms with Crippen LogP contribution >= 0.6 is 0 Å². The molecule has 13 heavy (non-hydrogen) atoms. The maximum atomic E-state index is 9.19. The van der Waals surface area contributed by atoms with Gasteiger partial charge in [0.1, 0.15) is 0 Å². The van der Waals surface area contributed by atoms with Crippen molar-refractivity contribution in [3.8, 4) is 0 Å². The van der Waals surface area contributed by atoms with Crippen LogP contribution < -0.4 is 0 Å². The molecule has 0 spiro atoms. The molecule has 1 rings (SSSR count). The van der Waals surface area contributed by atoms with E-state index in [1.165, 1.54) is 0 Å². The third kappa shape index (κ3) is 2.45. The first-order valence-electron chi connectivity index (χ1n) is 4.95. The fraction of sp³-hybridized carbons (Fsp3) is 1.00. The Balaban J connectivity index is 2.59. The van der Waals surface area contributed by atoms with Crippen molar-refractivity contribution in [2.45, 2.75) is 38.6 Å². The van der Waals surface area contributed by atoms with Crippen LogP contribution in [0.15, 0.2) is 0 Å². The molecule has 0 aromatic rings. The highest BCUT2D eigenvalue weighted by atomic mass is 16.5. The smallest absolute Gasteiger partial charge is 0.427 e. The molecular formula is C9H19BO3. The predicted octanol–water partition coefficient (Wildman–Crippen LogP) is 0.910. The first kappa shape index (κ1) is 11.0. The van der Waals surface area contributed by atoms with Gasteiger partial charge in [-0.05, 0) is 30.5 Å². The molecule has 3 nitrogen and oxygen atoms in total. The van der Waals surface area contributed by atoms with Crippen molar-refractivity contribution in [2.24, 2.45) is 11.8 Å². The van der Waals surface area contributed by atoms with Gasteiger partial charge in [-0.15, -0.1) is 0 Å². The van der Waals surface area contributed by atoms with Gasteiger partial charge in [0.05, 0.1) is 6.10 Å². The number of methoxy groups -OCH3 is 1. The van der Waals surface area contributed by atoms with Crippen LogP contribution in [-0.2, 0) is 4.74 Å². The SMILES string of the molecule is COC1CC(C)C(B(O)O)C(C)C1. The highest BCUT2D eigenvalue weighted by molar-refractivity contribution is 6.43. The van der Waals surface area contributed by atoms with Crippen LogP contribution in [0.25, 0.3) is 0 Å². The maximum absolute atomic E-state index is 9.19. The molecule has 0 radical (unpaired) electrons. The second kappa shape index (κ2) is 4.44. The third-order valence-electron chi connectivity index (χ3n) is 3.26. The van der Waals surface area contributed by atoms with Crippen molar-refractivity contribution in [3.05, 3.63) is 0 Å². The molecule has 0 saturated heterocycles. The number of hydrogen-bond acceptors (Lipinski definition) is 3. The van der Waals surface area contributed by atoms with Gasteiger partial charge in [0.25, 0.3) is 0 Å². The summed E-state index contributed by atoms with van der Waals surface area (Å²) in [4.78, 5) is 0. The lowest BCUT2D eigenvalue weighted by Gasteiger charge is -2.37. The largest absolute Gasteiger partial charge is 0.455 e. The number of hydrogen-bond donors (Lipinski definition) is 2. The maximum Gasteiger partial charge on any atom is 0.455 e. The molecule has 0 aliphatic heterocycles. The highest BCUT2D eigenvalue weighted by Crippen LogP contribution is 2.40. The first-order valence-corrected chi connectivity index (χ1v) is 4.95. The fourth-order valence-electron chi connectivity index (χ4n) is 2.58. The van der Waals surface area contributed by atoms with Crippen LogP contribution in [0.3, 0.4) is 0 Å². The van der Waals surface area contributed by atoms with Gasteiger partial charge in [0.15, 0.2) is 0 Å². The van der Waals surface area contributed by atoms with E-state index in [1.807, 2.05) is 0 Å². The molecule has 76 valence electrons. The van der Waals surface area contributed by atoms with Crippen molar-refractivity contribution in [3.63, 3.8) is 0 Å². The van der Waals surface area contributed by atoms with Gasteiger partial charge >= 0.3 is 7.12 Å². The summed E-state index contributed by atoms with van der Waals surface area (Å²) in [6.45, 7) is 4.12. The Kier molecular flexibility index (Phi) is 3.77. The molecule has 2 unspecified atom stereocenters. The molecule has 0 bridgehead atoms. The normalized spacial score (nSPS) is 40.4. The zero-order valence-electron chi connectivity index (χ0n) is 8.60. The van der Waals surface area contributed by atoms with E-state index >= 15 is 0 Å². The summed E-state index contributed by atoms with van der Waals surface area (Å²) < 4.78 is 5.30. The average Bonchev–Trinajstić information content (AvgIpc) is 2.02. The van der Waals surface area contributed by atoms with Crippen LogP contribution in [0, 0.1) is 11.8 Å². The second-order valence-electron chi connectivity index (χ2n) is 4.27. The minimum Gasteiger partial charge on any atom is -0.427 e. The van der Waals surface area contributed by atoms with Gasteiger partial charge in [-0.1, -0.05) is 13.8 Å². The summed E-state index contributed by atoms with van der Waals surface area (Å²) in [6, 6.07) is 0. The van der Waals surface area contributed by atoms with Gasteiger partial charge in [-0.2, -0.15) is 0 Å². The van der Waals surface area contributed by atoms with Gasteiger partial charge in [-0.25, -0.2) is 0 Å². The predicted molar refractivity (Wildman–Crippen MR) is 52.3 cm³/mol. The van der Waals surface area contributed by atoms with Crippen molar-refractivity contribution in [1.29, 1.82) is 0 Å². The summed E-state index contributed by atoms with van der Waals surface area (Å²) in [5.41, 5.74) is 0. The van der Waals surface area contributed by atoms with E-state index in [-0.39, 0.29) is 5.82 Å². The number of ether oxygens (including phenoxy) is 1. The third-order valence-corrected chi connectivity index (χ3v) is 3.26. The molecule has 2 N–H and O–H groups in total. The Hall–Kier alpha value is -0.0551. The van der Waals surface area contributed by atoms with Gasteiger partial charge in [0.2, 0.25) is 0 Å². The summed E-state index contributed by atoms with van der Waals surface area (Å²) in [7, 11) is 0.544. The van der Waals surface area contributed by atoms with Gasteiger partial charge in [-0.3, -0.25) is 0 Å². The summed E-state index contributed by atoms with van der Waals surface area (Å²) >= 11 is 0. The van der Waals surface area contributed by atoms with E-state index in [0.29, 0.717) is 17.9 Å². The first-order chi connectivity index (χ1) is 6.06. The highest BCUT2D eigenvalue weighted by Gasteiger charge is 2.39. The fourth-order valence-corrected chi connectivity index (χ4v) is 2.58. The Morgan fingerprint density at radius 1 is 1.15 bits per heavy atom. The molecule has 0 amide bonds. The minimum absolute atomic E-state index is 0.00593. The average molecular weight is 186 g/mol. The van der Waals surface area contributed by atoms with Crippen molar-refractivity contribution in [1.82, 2.24) is 0 Å².